The average molecular weight is 312 g/mol. The molecule has 1 aromatic carbocycles. The van der Waals surface area contributed by atoms with Gasteiger partial charge < -0.3 is 4.74 Å². The Kier molecular flexibility index (Phi) is 4.04. The van der Waals surface area contributed by atoms with Gasteiger partial charge in [0.2, 0.25) is 0 Å². The van der Waals surface area contributed by atoms with Crippen LogP contribution in [0.4, 0.5) is 0 Å². The van der Waals surface area contributed by atoms with Crippen LogP contribution in [-0.4, -0.2) is 39.9 Å². The van der Waals surface area contributed by atoms with Crippen LogP contribution in [0.5, 0.6) is 5.75 Å². The lowest BCUT2D eigenvalue weighted by Gasteiger charge is -2.31. The van der Waals surface area contributed by atoms with Crippen LogP contribution < -0.4 is 4.74 Å². The summed E-state index contributed by atoms with van der Waals surface area (Å²) in [6, 6.07) is 6.54. The zero-order chi connectivity index (χ0) is 15.6. The van der Waals surface area contributed by atoms with E-state index in [4.69, 9.17) is 4.74 Å². The van der Waals surface area contributed by atoms with Crippen molar-refractivity contribution >= 4 is 0 Å². The maximum Gasteiger partial charge on any atom is 0.137 e. The third kappa shape index (κ3) is 3.24. The van der Waals surface area contributed by atoms with Gasteiger partial charge in [-0.1, -0.05) is 6.07 Å². The van der Waals surface area contributed by atoms with Crippen LogP contribution in [0.3, 0.4) is 0 Å². The van der Waals surface area contributed by atoms with Crippen molar-refractivity contribution in [3.8, 4) is 5.75 Å². The highest BCUT2D eigenvalue weighted by atomic mass is 16.5. The number of hydrogen-bond acceptors (Lipinski definition) is 4. The van der Waals surface area contributed by atoms with Gasteiger partial charge in [0.05, 0.1) is 13.7 Å². The summed E-state index contributed by atoms with van der Waals surface area (Å²) in [4.78, 5) is 6.65. The fraction of sp³-hybridized carbons (Fsp3) is 0.556. The summed E-state index contributed by atoms with van der Waals surface area (Å²) in [5, 5.41) is 4.20. The van der Waals surface area contributed by atoms with Gasteiger partial charge in [-0.3, -0.25) is 4.90 Å². The maximum atomic E-state index is 5.51. The van der Waals surface area contributed by atoms with E-state index in [1.54, 1.807) is 19.8 Å². The Bertz CT molecular complexity index is 643. The molecule has 2 heterocycles. The number of piperidine rings is 1. The first-order valence-electron chi connectivity index (χ1n) is 8.50. The van der Waals surface area contributed by atoms with Gasteiger partial charge >= 0.3 is 0 Å². The van der Waals surface area contributed by atoms with Crippen LogP contribution in [0.25, 0.3) is 0 Å². The molecule has 2 aromatic rings. The summed E-state index contributed by atoms with van der Waals surface area (Å²) in [5.74, 6) is 2.78. The number of ether oxygens (including phenoxy) is 1. The highest BCUT2D eigenvalue weighted by molar-refractivity contribution is 5.37. The van der Waals surface area contributed by atoms with Crippen molar-refractivity contribution in [1.29, 1.82) is 0 Å². The molecule has 4 rings (SSSR count). The van der Waals surface area contributed by atoms with E-state index in [0.717, 1.165) is 29.7 Å². The summed E-state index contributed by atoms with van der Waals surface area (Å²) in [6.45, 7) is 4.27. The number of likely N-dealkylation sites (tertiary alicyclic amines) is 1. The SMILES string of the molecule is COc1ccc(CN2C[C@@H]3CC[C@@H](C3)C2)cc1Cn1cncn1. The standard InChI is InChI=1S/C18H24N4O/c1-23-18-5-4-16(7-17(18)11-22-13-19-12-20-22)10-21-8-14-2-3-15(6-14)9-21/h4-5,7,12-15H,2-3,6,8-11H2,1H3/t14-,15+. The van der Waals surface area contributed by atoms with Crippen molar-refractivity contribution in [2.24, 2.45) is 11.8 Å². The summed E-state index contributed by atoms with van der Waals surface area (Å²) in [7, 11) is 1.72. The van der Waals surface area contributed by atoms with Crippen molar-refractivity contribution < 1.29 is 4.74 Å². The molecule has 0 amide bonds. The third-order valence-corrected chi connectivity index (χ3v) is 5.23. The summed E-state index contributed by atoms with van der Waals surface area (Å²) in [5.41, 5.74) is 2.53. The Morgan fingerprint density at radius 2 is 2.00 bits per heavy atom. The predicted octanol–water partition coefficient (Wildman–Crippen LogP) is 2.57. The van der Waals surface area contributed by atoms with Crippen LogP contribution in [0, 0.1) is 11.8 Å². The van der Waals surface area contributed by atoms with Crippen molar-refractivity contribution in [3.63, 3.8) is 0 Å². The molecule has 1 aliphatic carbocycles. The van der Waals surface area contributed by atoms with Gasteiger partial charge in [0.1, 0.15) is 18.4 Å². The number of fused-ring (bicyclic) bond motifs is 2. The first-order chi connectivity index (χ1) is 11.3. The van der Waals surface area contributed by atoms with Crippen molar-refractivity contribution in [2.75, 3.05) is 20.2 Å². The molecule has 1 aliphatic heterocycles. The number of methoxy groups -OCH3 is 1. The Morgan fingerprint density at radius 3 is 2.70 bits per heavy atom. The average Bonchev–Trinajstić information content (AvgIpc) is 3.17. The van der Waals surface area contributed by atoms with Crippen LogP contribution in [0.2, 0.25) is 0 Å². The van der Waals surface area contributed by atoms with Crippen LogP contribution in [0.15, 0.2) is 30.9 Å². The molecule has 5 heteroatoms. The fourth-order valence-corrected chi connectivity index (χ4v) is 4.25. The molecule has 0 unspecified atom stereocenters. The molecule has 122 valence electrons. The van der Waals surface area contributed by atoms with E-state index in [-0.39, 0.29) is 0 Å². The van der Waals surface area contributed by atoms with Crippen molar-refractivity contribution in [2.45, 2.75) is 32.4 Å². The molecule has 0 N–H and O–H groups in total. The van der Waals surface area contributed by atoms with E-state index in [1.165, 1.54) is 37.9 Å². The van der Waals surface area contributed by atoms with Gasteiger partial charge in [-0.25, -0.2) is 9.67 Å². The Balaban J connectivity index is 1.50. The lowest BCUT2D eigenvalue weighted by Crippen LogP contribution is -2.35. The molecule has 2 fully saturated rings. The molecular weight excluding hydrogens is 288 g/mol. The van der Waals surface area contributed by atoms with E-state index in [0.29, 0.717) is 6.54 Å². The normalized spacial score (nSPS) is 24.0. The monoisotopic (exact) mass is 312 g/mol. The topological polar surface area (TPSA) is 43.2 Å². The highest BCUT2D eigenvalue weighted by Gasteiger charge is 2.32. The summed E-state index contributed by atoms with van der Waals surface area (Å²) in [6.07, 6.45) is 7.63. The minimum absolute atomic E-state index is 0.697. The number of hydrogen-bond donors (Lipinski definition) is 0. The largest absolute Gasteiger partial charge is 0.496 e. The van der Waals surface area contributed by atoms with Crippen molar-refractivity contribution in [1.82, 2.24) is 19.7 Å². The number of rotatable bonds is 5. The molecule has 1 saturated carbocycles. The van der Waals surface area contributed by atoms with E-state index in [1.807, 2.05) is 4.68 Å². The number of benzene rings is 1. The van der Waals surface area contributed by atoms with Gasteiger partial charge in [0.15, 0.2) is 0 Å². The summed E-state index contributed by atoms with van der Waals surface area (Å²) >= 11 is 0. The first-order valence-corrected chi connectivity index (χ1v) is 8.50. The minimum atomic E-state index is 0.697. The number of aromatic nitrogens is 3. The second kappa shape index (κ2) is 6.32. The van der Waals surface area contributed by atoms with Gasteiger partial charge in [-0.05, 0) is 48.8 Å². The molecule has 2 aliphatic rings. The van der Waals surface area contributed by atoms with Gasteiger partial charge in [-0.15, -0.1) is 0 Å². The van der Waals surface area contributed by atoms with Crippen LogP contribution in [-0.2, 0) is 13.1 Å². The zero-order valence-corrected chi connectivity index (χ0v) is 13.7. The molecular formula is C18H24N4O. The lowest BCUT2D eigenvalue weighted by molar-refractivity contribution is 0.161. The highest BCUT2D eigenvalue weighted by Crippen LogP contribution is 2.36. The fourth-order valence-electron chi connectivity index (χ4n) is 4.25. The molecule has 0 radical (unpaired) electrons. The Morgan fingerprint density at radius 1 is 1.17 bits per heavy atom. The van der Waals surface area contributed by atoms with Crippen LogP contribution >= 0.6 is 0 Å². The van der Waals surface area contributed by atoms with E-state index >= 15 is 0 Å². The molecule has 23 heavy (non-hydrogen) atoms. The van der Waals surface area contributed by atoms with Gasteiger partial charge in [-0.2, -0.15) is 5.10 Å². The molecule has 1 saturated heterocycles. The summed E-state index contributed by atoms with van der Waals surface area (Å²) < 4.78 is 7.34. The molecule has 0 spiro atoms. The number of nitrogens with zero attached hydrogens (tertiary/aromatic N) is 4. The molecule has 2 atom stereocenters. The second-order valence-corrected chi connectivity index (χ2v) is 6.98. The van der Waals surface area contributed by atoms with E-state index in [2.05, 4.69) is 33.2 Å². The third-order valence-electron chi connectivity index (χ3n) is 5.23. The minimum Gasteiger partial charge on any atom is -0.496 e. The maximum absolute atomic E-state index is 5.51. The first kappa shape index (κ1) is 14.7. The molecule has 5 nitrogen and oxygen atoms in total. The Labute approximate surface area is 137 Å². The Hall–Kier alpha value is -1.88. The van der Waals surface area contributed by atoms with Gasteiger partial charge in [0, 0.05) is 25.2 Å². The smallest absolute Gasteiger partial charge is 0.137 e. The van der Waals surface area contributed by atoms with Crippen molar-refractivity contribution in [3.05, 3.63) is 42.0 Å². The quantitative estimate of drug-likeness (QED) is 0.851. The predicted molar refractivity (Wildman–Crippen MR) is 88.2 cm³/mol. The van der Waals surface area contributed by atoms with E-state index < -0.39 is 0 Å². The lowest BCUT2D eigenvalue weighted by atomic mass is 9.98. The van der Waals surface area contributed by atoms with E-state index in [9.17, 15) is 0 Å². The van der Waals surface area contributed by atoms with Crippen LogP contribution in [0.1, 0.15) is 30.4 Å². The molecule has 2 bridgehead atoms. The van der Waals surface area contributed by atoms with Gasteiger partial charge in [0.25, 0.3) is 0 Å². The molecule has 1 aromatic heterocycles. The second-order valence-electron chi connectivity index (χ2n) is 6.98. The zero-order valence-electron chi connectivity index (χ0n) is 13.7.